The molecule has 172 valence electrons. The topological polar surface area (TPSA) is 76.8 Å². The highest BCUT2D eigenvalue weighted by Crippen LogP contribution is 2.29. The average molecular weight is 435 g/mol. The van der Waals surface area contributed by atoms with Gasteiger partial charge in [0.2, 0.25) is 5.91 Å². The summed E-state index contributed by atoms with van der Waals surface area (Å²) in [4.78, 5) is 28.7. The molecule has 0 spiro atoms. The summed E-state index contributed by atoms with van der Waals surface area (Å²) in [5.74, 6) is 1.91. The Kier molecular flexibility index (Phi) is 8.54. The molecule has 3 N–H and O–H groups in total. The zero-order valence-electron chi connectivity index (χ0n) is 19.2. The highest BCUT2D eigenvalue weighted by atomic mass is 16.5. The highest BCUT2D eigenvalue weighted by Gasteiger charge is 2.26. The van der Waals surface area contributed by atoms with Gasteiger partial charge in [-0.2, -0.15) is 0 Å². The maximum absolute atomic E-state index is 12.3. The standard InChI is InChI=1S/C23H36N4O4/c1-18-14-20(30-2)21(31-3)15-19(18)16-25-10-12-26(13-11-25)17-22(28)24-7-5-9-27-8-4-6-23(27)29/h14-15H,4-13,16-17H2,1-3H3,(H,24,28)/p+2. The molecule has 2 aliphatic heterocycles. The van der Waals surface area contributed by atoms with E-state index in [4.69, 9.17) is 9.47 Å². The Labute approximate surface area is 185 Å². The molecule has 0 bridgehead atoms. The van der Waals surface area contributed by atoms with Gasteiger partial charge in [-0.25, -0.2) is 0 Å². The molecule has 2 saturated heterocycles. The lowest BCUT2D eigenvalue weighted by Crippen LogP contribution is -3.28. The fourth-order valence-corrected chi connectivity index (χ4v) is 4.52. The molecule has 0 unspecified atom stereocenters. The second kappa shape index (κ2) is 11.3. The number of ether oxygens (including phenoxy) is 2. The fraction of sp³-hybridized carbons (Fsp3) is 0.652. The molecule has 8 nitrogen and oxygen atoms in total. The molecular formula is C23H38N4O4+2. The van der Waals surface area contributed by atoms with Gasteiger partial charge < -0.3 is 29.5 Å². The number of nitrogens with zero attached hydrogens (tertiary/aromatic N) is 1. The number of aryl methyl sites for hydroxylation is 1. The normalized spacial score (nSPS) is 21.3. The van der Waals surface area contributed by atoms with Gasteiger partial charge in [0.25, 0.3) is 5.91 Å². The van der Waals surface area contributed by atoms with E-state index in [1.54, 1.807) is 14.2 Å². The van der Waals surface area contributed by atoms with E-state index in [-0.39, 0.29) is 11.8 Å². The lowest BCUT2D eigenvalue weighted by molar-refractivity contribution is -1.02. The third-order valence-electron chi connectivity index (χ3n) is 6.46. The average Bonchev–Trinajstić information content (AvgIpc) is 3.18. The third-order valence-corrected chi connectivity index (χ3v) is 6.46. The van der Waals surface area contributed by atoms with E-state index >= 15 is 0 Å². The summed E-state index contributed by atoms with van der Waals surface area (Å²) >= 11 is 0. The smallest absolute Gasteiger partial charge is 0.275 e. The maximum atomic E-state index is 12.3. The SMILES string of the molecule is COc1cc(C)c(C[NH+]2CC[NH+](CC(=O)NCCCN3CCCC3=O)CC2)cc1OC. The van der Waals surface area contributed by atoms with Crippen molar-refractivity contribution in [2.45, 2.75) is 32.7 Å². The number of carbonyl (C=O) groups excluding carboxylic acids is 2. The number of benzene rings is 1. The number of methoxy groups -OCH3 is 2. The van der Waals surface area contributed by atoms with E-state index in [1.807, 2.05) is 11.0 Å². The van der Waals surface area contributed by atoms with Gasteiger partial charge in [-0.05, 0) is 37.5 Å². The van der Waals surface area contributed by atoms with Crippen molar-refractivity contribution in [2.75, 3.05) is 66.6 Å². The van der Waals surface area contributed by atoms with Gasteiger partial charge in [-0.3, -0.25) is 9.59 Å². The fourth-order valence-electron chi connectivity index (χ4n) is 4.52. The van der Waals surface area contributed by atoms with Gasteiger partial charge >= 0.3 is 0 Å². The van der Waals surface area contributed by atoms with Gasteiger partial charge in [-0.1, -0.05) is 0 Å². The van der Waals surface area contributed by atoms with Gasteiger partial charge in [0.1, 0.15) is 32.7 Å². The second-order valence-electron chi connectivity index (χ2n) is 8.68. The molecule has 0 atom stereocenters. The molecule has 8 heteroatoms. The molecule has 2 fully saturated rings. The summed E-state index contributed by atoms with van der Waals surface area (Å²) in [7, 11) is 3.33. The number of rotatable bonds is 10. The number of piperazine rings is 1. The van der Waals surface area contributed by atoms with Crippen LogP contribution in [0.15, 0.2) is 12.1 Å². The Morgan fingerprint density at radius 3 is 2.42 bits per heavy atom. The first-order valence-corrected chi connectivity index (χ1v) is 11.4. The number of nitrogens with one attached hydrogen (secondary N) is 3. The number of amides is 2. The quantitative estimate of drug-likeness (QED) is 0.389. The van der Waals surface area contributed by atoms with Crippen LogP contribution in [0, 0.1) is 6.92 Å². The summed E-state index contributed by atoms with van der Waals surface area (Å²) in [5.41, 5.74) is 2.50. The highest BCUT2D eigenvalue weighted by molar-refractivity contribution is 5.78. The maximum Gasteiger partial charge on any atom is 0.275 e. The van der Waals surface area contributed by atoms with Crippen LogP contribution >= 0.6 is 0 Å². The molecule has 2 aliphatic rings. The van der Waals surface area contributed by atoms with Crippen molar-refractivity contribution in [3.05, 3.63) is 23.3 Å². The van der Waals surface area contributed by atoms with Crippen LogP contribution in [0.5, 0.6) is 11.5 Å². The summed E-state index contributed by atoms with van der Waals surface area (Å²) < 4.78 is 10.8. The largest absolute Gasteiger partial charge is 0.493 e. The number of likely N-dealkylation sites (tertiary alicyclic amines) is 1. The first-order valence-electron chi connectivity index (χ1n) is 11.4. The van der Waals surface area contributed by atoms with Crippen molar-refractivity contribution in [3.8, 4) is 11.5 Å². The van der Waals surface area contributed by atoms with Crippen molar-refractivity contribution in [2.24, 2.45) is 0 Å². The minimum absolute atomic E-state index is 0.113. The van der Waals surface area contributed by atoms with Gasteiger partial charge in [-0.15, -0.1) is 0 Å². The predicted molar refractivity (Wildman–Crippen MR) is 118 cm³/mol. The molecule has 1 aromatic rings. The molecule has 0 aliphatic carbocycles. The number of hydrogen-bond donors (Lipinski definition) is 3. The minimum atomic E-state index is 0.113. The minimum Gasteiger partial charge on any atom is -0.493 e. The number of hydrogen-bond acceptors (Lipinski definition) is 4. The van der Waals surface area contributed by atoms with Gasteiger partial charge in [0.15, 0.2) is 18.0 Å². The van der Waals surface area contributed by atoms with E-state index in [0.717, 1.165) is 70.2 Å². The van der Waals surface area contributed by atoms with Crippen molar-refractivity contribution in [1.82, 2.24) is 10.2 Å². The monoisotopic (exact) mass is 434 g/mol. The van der Waals surface area contributed by atoms with Crippen LogP contribution in [0.4, 0.5) is 0 Å². The van der Waals surface area contributed by atoms with Crippen molar-refractivity contribution >= 4 is 11.8 Å². The molecule has 0 saturated carbocycles. The van der Waals surface area contributed by atoms with E-state index in [1.165, 1.54) is 20.9 Å². The number of quaternary nitrogens is 2. The van der Waals surface area contributed by atoms with Crippen LogP contribution in [0.3, 0.4) is 0 Å². The zero-order valence-corrected chi connectivity index (χ0v) is 19.2. The molecular weight excluding hydrogens is 396 g/mol. The molecule has 0 aromatic heterocycles. The first kappa shape index (κ1) is 23.3. The first-order chi connectivity index (χ1) is 15.0. The zero-order chi connectivity index (χ0) is 22.2. The molecule has 2 amide bonds. The predicted octanol–water partition coefficient (Wildman–Crippen LogP) is -1.58. The lowest BCUT2D eigenvalue weighted by Gasteiger charge is -2.29. The Morgan fingerprint density at radius 1 is 1.10 bits per heavy atom. The van der Waals surface area contributed by atoms with Gasteiger partial charge in [0, 0.05) is 31.6 Å². The Bertz CT molecular complexity index is 762. The summed E-state index contributed by atoms with van der Waals surface area (Å²) in [6.45, 7) is 9.96. The van der Waals surface area contributed by atoms with E-state index in [9.17, 15) is 9.59 Å². The van der Waals surface area contributed by atoms with E-state index in [0.29, 0.717) is 19.5 Å². The summed E-state index contributed by atoms with van der Waals surface area (Å²) in [5, 5.41) is 3.02. The third kappa shape index (κ3) is 6.58. The van der Waals surface area contributed by atoms with Crippen molar-refractivity contribution in [1.29, 1.82) is 0 Å². The van der Waals surface area contributed by atoms with Crippen LogP contribution in [0.25, 0.3) is 0 Å². The van der Waals surface area contributed by atoms with Crippen LogP contribution in [0.1, 0.15) is 30.4 Å². The van der Waals surface area contributed by atoms with Crippen molar-refractivity contribution in [3.63, 3.8) is 0 Å². The van der Waals surface area contributed by atoms with Crippen LogP contribution in [-0.2, 0) is 16.1 Å². The van der Waals surface area contributed by atoms with E-state index in [2.05, 4.69) is 18.3 Å². The van der Waals surface area contributed by atoms with Crippen LogP contribution in [-0.4, -0.2) is 83.3 Å². The van der Waals surface area contributed by atoms with Crippen molar-refractivity contribution < 1.29 is 28.9 Å². The van der Waals surface area contributed by atoms with Crippen LogP contribution in [0.2, 0.25) is 0 Å². The molecule has 1 aromatic carbocycles. The number of carbonyl (C=O) groups is 2. The molecule has 3 rings (SSSR count). The molecule has 2 heterocycles. The molecule has 0 radical (unpaired) electrons. The summed E-state index contributed by atoms with van der Waals surface area (Å²) in [6, 6.07) is 4.13. The Morgan fingerprint density at radius 2 is 1.77 bits per heavy atom. The lowest BCUT2D eigenvalue weighted by atomic mass is 10.1. The second-order valence-corrected chi connectivity index (χ2v) is 8.68. The van der Waals surface area contributed by atoms with Crippen LogP contribution < -0.4 is 24.6 Å². The molecule has 31 heavy (non-hydrogen) atoms. The van der Waals surface area contributed by atoms with E-state index < -0.39 is 0 Å². The Balaban J connectivity index is 1.36. The summed E-state index contributed by atoms with van der Waals surface area (Å²) in [6.07, 6.45) is 2.47. The Hall–Kier alpha value is -2.32. The van der Waals surface area contributed by atoms with Gasteiger partial charge in [0.05, 0.1) is 14.2 Å².